The molecule has 3 rings (SSSR count). The Bertz CT molecular complexity index is 809. The van der Waals surface area contributed by atoms with E-state index in [0.29, 0.717) is 31.5 Å². The smallest absolute Gasteiger partial charge is 0.419 e. The molecule has 1 aliphatic rings. The quantitative estimate of drug-likeness (QED) is 0.581. The van der Waals surface area contributed by atoms with E-state index in [1.165, 1.54) is 11.0 Å². The van der Waals surface area contributed by atoms with Crippen LogP contribution in [0.3, 0.4) is 0 Å². The Hall–Kier alpha value is -2.65. The van der Waals surface area contributed by atoms with Gasteiger partial charge in [0.2, 0.25) is 12.3 Å². The van der Waals surface area contributed by atoms with Gasteiger partial charge in [0, 0.05) is 19.0 Å². The second kappa shape index (κ2) is 7.53. The molecule has 1 aliphatic heterocycles. The number of halogens is 4. The van der Waals surface area contributed by atoms with Gasteiger partial charge in [0.1, 0.15) is 5.82 Å². The molecule has 146 valence electrons. The Labute approximate surface area is 152 Å². The Morgan fingerprint density at radius 1 is 1.33 bits per heavy atom. The number of benzene rings is 1. The van der Waals surface area contributed by atoms with Crippen molar-refractivity contribution in [2.75, 3.05) is 19.7 Å². The van der Waals surface area contributed by atoms with Crippen molar-refractivity contribution in [2.45, 2.75) is 31.4 Å². The average molecular weight is 387 g/mol. The summed E-state index contributed by atoms with van der Waals surface area (Å²) in [5, 5.41) is 3.68. The summed E-state index contributed by atoms with van der Waals surface area (Å²) in [5.41, 5.74) is -0.939. The largest absolute Gasteiger partial charge is 0.462 e. The van der Waals surface area contributed by atoms with E-state index in [0.717, 1.165) is 12.1 Å². The molecule has 1 saturated heterocycles. The van der Waals surface area contributed by atoms with Gasteiger partial charge >= 0.3 is 12.2 Å². The lowest BCUT2D eigenvalue weighted by molar-refractivity contribution is -0.140. The number of hydrogen-bond acceptors (Lipinski definition) is 5. The third kappa shape index (κ3) is 4.20. The zero-order valence-corrected chi connectivity index (χ0v) is 14.4. The van der Waals surface area contributed by atoms with E-state index >= 15 is 0 Å². The molecule has 6 nitrogen and oxygen atoms in total. The predicted molar refractivity (Wildman–Crippen MR) is 84.6 cm³/mol. The van der Waals surface area contributed by atoms with Crippen LogP contribution in [0.4, 0.5) is 17.6 Å². The second-order valence-electron chi connectivity index (χ2n) is 6.27. The molecule has 27 heavy (non-hydrogen) atoms. The van der Waals surface area contributed by atoms with Crippen molar-refractivity contribution in [3.05, 3.63) is 41.0 Å². The first-order valence-corrected chi connectivity index (χ1v) is 8.34. The first kappa shape index (κ1) is 19.1. The van der Waals surface area contributed by atoms with Crippen LogP contribution in [-0.2, 0) is 11.0 Å². The zero-order valence-electron chi connectivity index (χ0n) is 14.4. The molecule has 0 aliphatic carbocycles. The Kier molecular flexibility index (Phi) is 5.33. The summed E-state index contributed by atoms with van der Waals surface area (Å²) in [6.45, 7) is 2.70. The molecule has 0 bridgehead atoms. The van der Waals surface area contributed by atoms with Crippen LogP contribution in [0, 0.1) is 5.82 Å². The molecule has 1 fully saturated rings. The van der Waals surface area contributed by atoms with Crippen molar-refractivity contribution in [3.8, 4) is 6.01 Å². The van der Waals surface area contributed by atoms with Gasteiger partial charge in [-0.2, -0.15) is 18.2 Å². The summed E-state index contributed by atoms with van der Waals surface area (Å²) >= 11 is 0. The molecule has 2 aromatic rings. The normalized spacial score (nSPS) is 20.6. The Balaban J connectivity index is 1.84. The zero-order chi connectivity index (χ0) is 19.6. The van der Waals surface area contributed by atoms with Crippen LogP contribution < -0.4 is 4.74 Å². The fraction of sp³-hybridized carbons (Fsp3) is 0.471. The van der Waals surface area contributed by atoms with Gasteiger partial charge in [-0.25, -0.2) is 4.39 Å². The van der Waals surface area contributed by atoms with Gasteiger partial charge in [-0.15, -0.1) is 0 Å². The molecule has 0 saturated carbocycles. The number of ether oxygens (including phenoxy) is 1. The van der Waals surface area contributed by atoms with Crippen molar-refractivity contribution in [3.63, 3.8) is 0 Å². The third-order valence-corrected chi connectivity index (χ3v) is 4.44. The molecule has 1 aromatic heterocycles. The average Bonchev–Trinajstić information content (AvgIpc) is 3.09. The number of alkyl halides is 3. The second-order valence-corrected chi connectivity index (χ2v) is 6.27. The summed E-state index contributed by atoms with van der Waals surface area (Å²) in [6.07, 6.45) is -3.70. The summed E-state index contributed by atoms with van der Waals surface area (Å²) in [6, 6.07) is 2.91. The van der Waals surface area contributed by atoms with E-state index in [-0.39, 0.29) is 30.3 Å². The van der Waals surface area contributed by atoms with E-state index in [2.05, 4.69) is 10.1 Å². The SMILES string of the molecule is CCOc1noc(C2CC(c3ccc(C(F)(F)F)c(F)c3)CN(C=O)C2)n1. The summed E-state index contributed by atoms with van der Waals surface area (Å²) < 4.78 is 62.5. The van der Waals surface area contributed by atoms with Crippen LogP contribution in [-0.4, -0.2) is 41.1 Å². The van der Waals surface area contributed by atoms with Gasteiger partial charge in [0.15, 0.2) is 0 Å². The topological polar surface area (TPSA) is 68.5 Å². The van der Waals surface area contributed by atoms with Gasteiger partial charge in [-0.1, -0.05) is 6.07 Å². The highest BCUT2D eigenvalue weighted by Gasteiger charge is 2.36. The monoisotopic (exact) mass is 387 g/mol. The van der Waals surface area contributed by atoms with E-state index in [1.54, 1.807) is 6.92 Å². The van der Waals surface area contributed by atoms with Crippen LogP contribution in [0.15, 0.2) is 22.7 Å². The Morgan fingerprint density at radius 3 is 2.70 bits per heavy atom. The summed E-state index contributed by atoms with van der Waals surface area (Å²) in [4.78, 5) is 16.9. The third-order valence-electron chi connectivity index (χ3n) is 4.44. The van der Waals surface area contributed by atoms with E-state index in [4.69, 9.17) is 9.26 Å². The predicted octanol–water partition coefficient (Wildman–Crippen LogP) is 3.36. The van der Waals surface area contributed by atoms with E-state index in [9.17, 15) is 22.4 Å². The molecule has 0 radical (unpaired) electrons. The fourth-order valence-corrected chi connectivity index (χ4v) is 3.23. The number of carbonyl (C=O) groups is 1. The highest BCUT2D eigenvalue weighted by atomic mass is 19.4. The van der Waals surface area contributed by atoms with Crippen molar-refractivity contribution in [1.29, 1.82) is 0 Å². The minimum atomic E-state index is -4.76. The lowest BCUT2D eigenvalue weighted by Gasteiger charge is -2.34. The maximum absolute atomic E-state index is 13.9. The Morgan fingerprint density at radius 2 is 2.07 bits per heavy atom. The van der Waals surface area contributed by atoms with Crippen LogP contribution >= 0.6 is 0 Å². The van der Waals surface area contributed by atoms with Gasteiger partial charge in [0.05, 0.1) is 18.1 Å². The highest BCUT2D eigenvalue weighted by Crippen LogP contribution is 2.37. The minimum Gasteiger partial charge on any atom is -0.462 e. The first-order chi connectivity index (χ1) is 12.8. The van der Waals surface area contributed by atoms with Gasteiger partial charge in [0.25, 0.3) is 0 Å². The number of hydrogen-bond donors (Lipinski definition) is 0. The molecule has 2 unspecified atom stereocenters. The lowest BCUT2D eigenvalue weighted by atomic mass is 9.84. The van der Waals surface area contributed by atoms with Crippen molar-refractivity contribution >= 4 is 6.41 Å². The molecule has 1 aromatic carbocycles. The molecule has 1 amide bonds. The van der Waals surface area contributed by atoms with E-state index < -0.39 is 17.6 Å². The number of amides is 1. The van der Waals surface area contributed by atoms with Crippen LogP contribution in [0.5, 0.6) is 6.01 Å². The molecule has 0 N–H and O–H groups in total. The lowest BCUT2D eigenvalue weighted by Crippen LogP contribution is -2.37. The maximum atomic E-state index is 13.9. The molecular weight excluding hydrogens is 370 g/mol. The minimum absolute atomic E-state index is 0.0767. The number of rotatable bonds is 5. The molecule has 10 heteroatoms. The number of aromatic nitrogens is 2. The van der Waals surface area contributed by atoms with Crippen molar-refractivity contribution in [1.82, 2.24) is 15.0 Å². The standard InChI is InChI=1S/C17H17F4N3O3/c1-2-26-16-22-15(27-23-16)12-5-11(7-24(8-12)9-25)10-3-4-13(14(18)6-10)17(19,20)21/h3-4,6,9,11-12H,2,5,7-8H2,1H3. The number of nitrogens with zero attached hydrogens (tertiary/aromatic N) is 3. The van der Waals surface area contributed by atoms with Crippen molar-refractivity contribution < 1.29 is 31.6 Å². The van der Waals surface area contributed by atoms with Crippen LogP contribution in [0.25, 0.3) is 0 Å². The van der Waals surface area contributed by atoms with Gasteiger partial charge in [-0.05, 0) is 36.2 Å². The molecule has 2 atom stereocenters. The first-order valence-electron chi connectivity index (χ1n) is 8.34. The van der Waals surface area contributed by atoms with Crippen LogP contribution in [0.2, 0.25) is 0 Å². The van der Waals surface area contributed by atoms with E-state index in [1.807, 2.05) is 0 Å². The summed E-state index contributed by atoms with van der Waals surface area (Å²) in [5.74, 6) is -1.77. The molecular formula is C17H17F4N3O3. The number of likely N-dealkylation sites (tertiary alicyclic amines) is 1. The number of carbonyl (C=O) groups excluding carboxylic acids is 1. The molecule has 0 spiro atoms. The maximum Gasteiger partial charge on any atom is 0.419 e. The van der Waals surface area contributed by atoms with Crippen LogP contribution in [0.1, 0.15) is 42.2 Å². The highest BCUT2D eigenvalue weighted by molar-refractivity contribution is 5.48. The number of piperidine rings is 1. The summed E-state index contributed by atoms with van der Waals surface area (Å²) in [7, 11) is 0. The van der Waals surface area contributed by atoms with Gasteiger partial charge in [-0.3, -0.25) is 4.79 Å². The fourth-order valence-electron chi connectivity index (χ4n) is 3.23. The van der Waals surface area contributed by atoms with Gasteiger partial charge < -0.3 is 14.2 Å². The van der Waals surface area contributed by atoms with Crippen molar-refractivity contribution in [2.24, 2.45) is 0 Å². The molecule has 2 heterocycles.